The molecule has 0 aliphatic carbocycles. The molecule has 2 aromatic rings. The molecule has 0 aliphatic rings. The van der Waals surface area contributed by atoms with Crippen LogP contribution < -0.4 is 5.32 Å². The smallest absolute Gasteiger partial charge is 0.294 e. The van der Waals surface area contributed by atoms with Crippen molar-refractivity contribution in [3.63, 3.8) is 0 Å². The quantitative estimate of drug-likeness (QED) is 0.661. The number of benzene rings is 2. The van der Waals surface area contributed by atoms with Crippen molar-refractivity contribution in [2.75, 3.05) is 5.32 Å². The van der Waals surface area contributed by atoms with Crippen LogP contribution in [0.3, 0.4) is 0 Å². The van der Waals surface area contributed by atoms with E-state index in [1.165, 1.54) is 36.4 Å². The zero-order valence-electron chi connectivity index (χ0n) is 10.3. The summed E-state index contributed by atoms with van der Waals surface area (Å²) in [7, 11) is 0. The number of hydrogen-bond acceptors (Lipinski definition) is 4. The van der Waals surface area contributed by atoms with Crippen LogP contribution in [-0.2, 0) is 0 Å². The molecule has 0 saturated carbocycles. The number of aromatic hydroxyl groups is 1. The maximum Gasteiger partial charge on any atom is 0.294 e. The van der Waals surface area contributed by atoms with Gasteiger partial charge in [0.2, 0.25) is 0 Å². The predicted molar refractivity (Wildman–Crippen MR) is 79.2 cm³/mol. The molecule has 2 aromatic carbocycles. The Kier molecular flexibility index (Phi) is 4.30. The highest BCUT2D eigenvalue weighted by atomic mass is 35.5. The molecular formula is C13H8Cl2N2O4. The van der Waals surface area contributed by atoms with E-state index in [4.69, 9.17) is 23.2 Å². The molecule has 0 fully saturated rings. The van der Waals surface area contributed by atoms with Crippen LogP contribution in [0.15, 0.2) is 36.4 Å². The summed E-state index contributed by atoms with van der Waals surface area (Å²) in [5, 5.41) is 23.2. The van der Waals surface area contributed by atoms with Gasteiger partial charge in [0.15, 0.2) is 0 Å². The van der Waals surface area contributed by atoms with Gasteiger partial charge < -0.3 is 10.4 Å². The fourth-order valence-corrected chi connectivity index (χ4v) is 2.05. The van der Waals surface area contributed by atoms with Crippen LogP contribution in [0.2, 0.25) is 10.0 Å². The third-order valence-corrected chi connectivity index (χ3v) is 3.18. The van der Waals surface area contributed by atoms with Gasteiger partial charge in [-0.2, -0.15) is 0 Å². The van der Waals surface area contributed by atoms with Crippen molar-refractivity contribution in [1.29, 1.82) is 0 Å². The van der Waals surface area contributed by atoms with E-state index in [1.807, 2.05) is 0 Å². The van der Waals surface area contributed by atoms with Crippen molar-refractivity contribution in [3.05, 3.63) is 62.1 Å². The SMILES string of the molecule is O=C(Nc1c(Cl)cccc1[N+](=O)[O-])c1cc(Cl)ccc1O. The molecule has 0 unspecified atom stereocenters. The third kappa shape index (κ3) is 3.24. The summed E-state index contributed by atoms with van der Waals surface area (Å²) in [6.45, 7) is 0. The second-order valence-corrected chi connectivity index (χ2v) is 4.85. The Morgan fingerprint density at radius 1 is 1.24 bits per heavy atom. The number of hydrogen-bond donors (Lipinski definition) is 2. The number of rotatable bonds is 3. The lowest BCUT2D eigenvalue weighted by Crippen LogP contribution is -2.13. The van der Waals surface area contributed by atoms with E-state index in [1.54, 1.807) is 0 Å². The van der Waals surface area contributed by atoms with Gasteiger partial charge in [0, 0.05) is 11.1 Å². The molecule has 0 heterocycles. The second-order valence-electron chi connectivity index (χ2n) is 4.01. The highest BCUT2D eigenvalue weighted by Gasteiger charge is 2.21. The first kappa shape index (κ1) is 15.1. The number of amides is 1. The molecule has 0 aliphatic heterocycles. The molecule has 0 aromatic heterocycles. The number of carbonyl (C=O) groups is 1. The molecule has 108 valence electrons. The Balaban J connectivity index is 2.41. The van der Waals surface area contributed by atoms with Gasteiger partial charge in [-0.1, -0.05) is 29.3 Å². The van der Waals surface area contributed by atoms with E-state index in [0.29, 0.717) is 0 Å². The van der Waals surface area contributed by atoms with Crippen molar-refractivity contribution in [2.24, 2.45) is 0 Å². The minimum absolute atomic E-state index is 0.0130. The van der Waals surface area contributed by atoms with Crippen LogP contribution in [0.1, 0.15) is 10.4 Å². The number of phenols is 1. The highest BCUT2D eigenvalue weighted by molar-refractivity contribution is 6.34. The summed E-state index contributed by atoms with van der Waals surface area (Å²) in [6, 6.07) is 7.91. The summed E-state index contributed by atoms with van der Waals surface area (Å²) in [5.41, 5.74) is -0.609. The van der Waals surface area contributed by atoms with Gasteiger partial charge in [0.1, 0.15) is 11.4 Å². The summed E-state index contributed by atoms with van der Waals surface area (Å²) < 4.78 is 0. The summed E-state index contributed by atoms with van der Waals surface area (Å²) in [6.07, 6.45) is 0. The second kappa shape index (κ2) is 5.99. The highest BCUT2D eigenvalue weighted by Crippen LogP contribution is 2.33. The first-order valence-corrected chi connectivity index (χ1v) is 6.38. The van der Waals surface area contributed by atoms with E-state index in [-0.39, 0.29) is 32.7 Å². The first-order chi connectivity index (χ1) is 9.90. The van der Waals surface area contributed by atoms with Crippen LogP contribution in [0.5, 0.6) is 5.75 Å². The van der Waals surface area contributed by atoms with Crippen LogP contribution in [0.4, 0.5) is 11.4 Å². The van der Waals surface area contributed by atoms with Crippen molar-refractivity contribution < 1.29 is 14.8 Å². The summed E-state index contributed by atoms with van der Waals surface area (Å²) >= 11 is 11.6. The molecule has 0 spiro atoms. The van der Waals surface area contributed by atoms with E-state index < -0.39 is 10.8 Å². The van der Waals surface area contributed by atoms with E-state index >= 15 is 0 Å². The standard InChI is InChI=1S/C13H8Cl2N2O4/c14-7-4-5-11(18)8(6-7)13(19)16-12-9(15)2-1-3-10(12)17(20)21/h1-6,18H,(H,16,19). The Morgan fingerprint density at radius 3 is 2.62 bits per heavy atom. The molecule has 8 heteroatoms. The van der Waals surface area contributed by atoms with Crippen molar-refractivity contribution in [1.82, 2.24) is 0 Å². The summed E-state index contributed by atoms with van der Waals surface area (Å²) in [5.74, 6) is -1.06. The molecule has 6 nitrogen and oxygen atoms in total. The number of carbonyl (C=O) groups excluding carboxylic acids is 1. The van der Waals surface area contributed by atoms with Gasteiger partial charge in [0.05, 0.1) is 15.5 Å². The molecular weight excluding hydrogens is 319 g/mol. The Labute approximate surface area is 129 Å². The number of nitro groups is 1. The van der Waals surface area contributed by atoms with E-state index in [9.17, 15) is 20.0 Å². The van der Waals surface area contributed by atoms with Crippen LogP contribution in [0, 0.1) is 10.1 Å². The molecule has 1 amide bonds. The molecule has 0 bridgehead atoms. The minimum Gasteiger partial charge on any atom is -0.507 e. The van der Waals surface area contributed by atoms with Crippen molar-refractivity contribution in [2.45, 2.75) is 0 Å². The lowest BCUT2D eigenvalue weighted by molar-refractivity contribution is -0.383. The Morgan fingerprint density at radius 2 is 1.95 bits per heavy atom. The third-order valence-electron chi connectivity index (χ3n) is 2.63. The lowest BCUT2D eigenvalue weighted by atomic mass is 10.1. The molecule has 0 radical (unpaired) electrons. The number of halogens is 2. The van der Waals surface area contributed by atoms with Gasteiger partial charge in [-0.3, -0.25) is 14.9 Å². The number of anilines is 1. The predicted octanol–water partition coefficient (Wildman–Crippen LogP) is 3.86. The Hall–Kier alpha value is -2.31. The van der Waals surface area contributed by atoms with Crippen LogP contribution in [-0.4, -0.2) is 15.9 Å². The fourth-order valence-electron chi connectivity index (χ4n) is 1.66. The van der Waals surface area contributed by atoms with E-state index in [0.717, 1.165) is 0 Å². The first-order valence-electron chi connectivity index (χ1n) is 5.63. The molecule has 0 atom stereocenters. The number of nitrogens with zero attached hydrogens (tertiary/aromatic N) is 1. The van der Waals surface area contributed by atoms with Crippen LogP contribution in [0.25, 0.3) is 0 Å². The van der Waals surface area contributed by atoms with Gasteiger partial charge in [-0.25, -0.2) is 0 Å². The monoisotopic (exact) mass is 326 g/mol. The zero-order valence-corrected chi connectivity index (χ0v) is 11.9. The fraction of sp³-hybridized carbons (Fsp3) is 0. The van der Waals surface area contributed by atoms with Gasteiger partial charge >= 0.3 is 0 Å². The average Bonchev–Trinajstić information content (AvgIpc) is 2.43. The number of nitro benzene ring substituents is 1. The topological polar surface area (TPSA) is 92.5 Å². The number of nitrogens with one attached hydrogen (secondary N) is 1. The van der Waals surface area contributed by atoms with E-state index in [2.05, 4.69) is 5.32 Å². The zero-order chi connectivity index (χ0) is 15.6. The lowest BCUT2D eigenvalue weighted by Gasteiger charge is -2.09. The van der Waals surface area contributed by atoms with Gasteiger partial charge in [0.25, 0.3) is 11.6 Å². The largest absolute Gasteiger partial charge is 0.507 e. The molecule has 2 N–H and O–H groups in total. The van der Waals surface area contributed by atoms with Gasteiger partial charge in [-0.15, -0.1) is 0 Å². The summed E-state index contributed by atoms with van der Waals surface area (Å²) in [4.78, 5) is 22.4. The minimum atomic E-state index is -0.758. The maximum absolute atomic E-state index is 12.1. The maximum atomic E-state index is 12.1. The van der Waals surface area contributed by atoms with Crippen molar-refractivity contribution >= 4 is 40.5 Å². The number of para-hydroxylation sites is 1. The molecule has 0 saturated heterocycles. The number of phenolic OH excluding ortho intramolecular Hbond substituents is 1. The Bertz CT molecular complexity index is 734. The average molecular weight is 327 g/mol. The molecule has 21 heavy (non-hydrogen) atoms. The van der Waals surface area contributed by atoms with Crippen molar-refractivity contribution in [3.8, 4) is 5.75 Å². The molecule has 2 rings (SSSR count). The van der Waals surface area contributed by atoms with Gasteiger partial charge in [-0.05, 0) is 24.3 Å². The van der Waals surface area contributed by atoms with Crippen LogP contribution >= 0.6 is 23.2 Å². The normalized spacial score (nSPS) is 10.2.